The van der Waals surface area contributed by atoms with Gasteiger partial charge in [0, 0.05) is 18.9 Å². The highest BCUT2D eigenvalue weighted by Crippen LogP contribution is 2.44. The van der Waals surface area contributed by atoms with Crippen LogP contribution in [0.4, 0.5) is 9.59 Å². The Morgan fingerprint density at radius 2 is 1.55 bits per heavy atom. The number of nitrogens with zero attached hydrogens (tertiary/aromatic N) is 4. The number of fused-ring (bicyclic) bond motifs is 3. The Hall–Kier alpha value is -6.33. The maximum absolute atomic E-state index is 14.1. The molecular weight excluding hydrogens is 773 g/mol. The summed E-state index contributed by atoms with van der Waals surface area (Å²) in [6, 6.07) is 20.0. The van der Waals surface area contributed by atoms with Gasteiger partial charge in [-0.05, 0) is 66.6 Å². The number of hydrogen-bond acceptors (Lipinski definition) is 11. The van der Waals surface area contributed by atoms with Crippen LogP contribution in [0.5, 0.6) is 0 Å². The molecule has 5 amide bonds. The van der Waals surface area contributed by atoms with Crippen LogP contribution in [0.15, 0.2) is 85.5 Å². The van der Waals surface area contributed by atoms with Gasteiger partial charge >= 0.3 is 12.2 Å². The molecule has 0 radical (unpaired) electrons. The van der Waals surface area contributed by atoms with Crippen molar-refractivity contribution in [3.05, 3.63) is 102 Å². The van der Waals surface area contributed by atoms with Gasteiger partial charge in [0.15, 0.2) is 0 Å². The van der Waals surface area contributed by atoms with Gasteiger partial charge in [0.1, 0.15) is 50.2 Å². The topological polar surface area (TPSA) is 215 Å². The summed E-state index contributed by atoms with van der Waals surface area (Å²) in [6.07, 6.45) is 0.757. The molecule has 4 atom stereocenters. The summed E-state index contributed by atoms with van der Waals surface area (Å²) in [5, 5.41) is 25.0. The number of amides is 5. The summed E-state index contributed by atoms with van der Waals surface area (Å²) in [7, 11) is 0. The quantitative estimate of drug-likeness (QED) is 0.109. The molecule has 2 heterocycles. The molecule has 60 heavy (non-hydrogen) atoms. The van der Waals surface area contributed by atoms with Crippen LogP contribution in [-0.2, 0) is 28.6 Å². The highest BCUT2D eigenvalue weighted by Gasteiger charge is 2.44. The fraction of sp³-hybridized carbons (Fsp3) is 0.419. The molecule has 17 nitrogen and oxygen atoms in total. The van der Waals surface area contributed by atoms with Crippen molar-refractivity contribution in [2.45, 2.75) is 76.8 Å². The van der Waals surface area contributed by atoms with E-state index in [4.69, 9.17) is 14.2 Å². The van der Waals surface area contributed by atoms with Gasteiger partial charge in [-0.15, -0.1) is 0 Å². The number of ether oxygens (including phenoxy) is 3. The number of likely N-dealkylation sites (tertiary alicyclic amines) is 1. The average molecular weight is 825 g/mol. The van der Waals surface area contributed by atoms with Crippen molar-refractivity contribution in [1.29, 1.82) is 0 Å². The molecule has 0 bridgehead atoms. The predicted octanol–water partition coefficient (Wildman–Crippen LogP) is 3.56. The van der Waals surface area contributed by atoms with Crippen molar-refractivity contribution >= 4 is 29.9 Å². The van der Waals surface area contributed by atoms with E-state index in [9.17, 15) is 29.1 Å². The van der Waals surface area contributed by atoms with Crippen molar-refractivity contribution < 1.29 is 43.3 Å². The molecule has 1 saturated heterocycles. The zero-order valence-corrected chi connectivity index (χ0v) is 34.3. The number of nitrogens with one attached hydrogen (secondary N) is 4. The highest BCUT2D eigenvalue weighted by molar-refractivity contribution is 5.92. The molecule has 0 saturated carbocycles. The van der Waals surface area contributed by atoms with Gasteiger partial charge in [-0.25, -0.2) is 19.3 Å². The van der Waals surface area contributed by atoms with Crippen LogP contribution in [0.1, 0.15) is 69.7 Å². The number of hydrogen-bond donors (Lipinski definition) is 5. The molecule has 1 aromatic heterocycles. The molecule has 3 aromatic carbocycles. The first-order chi connectivity index (χ1) is 28.7. The summed E-state index contributed by atoms with van der Waals surface area (Å²) in [4.78, 5) is 71.5. The molecule has 0 unspecified atom stereocenters. The smallest absolute Gasteiger partial charge is 0.408 e. The van der Waals surface area contributed by atoms with Gasteiger partial charge in [0.2, 0.25) is 17.7 Å². The summed E-state index contributed by atoms with van der Waals surface area (Å²) in [5.41, 5.74) is 4.85. The van der Waals surface area contributed by atoms with Crippen LogP contribution in [0.25, 0.3) is 16.8 Å². The number of aliphatic hydroxyl groups is 1. The molecule has 1 fully saturated rings. The lowest BCUT2D eigenvalue weighted by Crippen LogP contribution is -2.56. The Kier molecular flexibility index (Phi) is 13.8. The lowest BCUT2D eigenvalue weighted by Gasteiger charge is -2.31. The minimum atomic E-state index is -1.06. The first kappa shape index (κ1) is 43.3. The summed E-state index contributed by atoms with van der Waals surface area (Å²) < 4.78 is 18.4. The highest BCUT2D eigenvalue weighted by atomic mass is 16.6. The molecule has 5 N–H and O–H groups in total. The third-order valence-corrected chi connectivity index (χ3v) is 10.3. The largest absolute Gasteiger partial charge is 0.449 e. The van der Waals surface area contributed by atoms with Crippen molar-refractivity contribution in [3.63, 3.8) is 0 Å². The van der Waals surface area contributed by atoms with E-state index >= 15 is 0 Å². The zero-order chi connectivity index (χ0) is 43.0. The molecule has 2 aliphatic rings. The van der Waals surface area contributed by atoms with Crippen LogP contribution in [0.3, 0.4) is 0 Å². The third kappa shape index (κ3) is 10.6. The first-order valence-corrected chi connectivity index (χ1v) is 19.9. The lowest BCUT2D eigenvalue weighted by molar-refractivity contribution is -0.141. The van der Waals surface area contributed by atoms with Crippen LogP contribution >= 0.6 is 0 Å². The van der Waals surface area contributed by atoms with E-state index in [1.54, 1.807) is 69.9 Å². The Labute approximate surface area is 348 Å². The number of carbonyl (C=O) groups excluding carboxylic acids is 5. The molecule has 17 heteroatoms. The molecule has 1 aliphatic heterocycles. The average Bonchev–Trinajstić information content (AvgIpc) is 3.98. The minimum Gasteiger partial charge on any atom is -0.449 e. The van der Waals surface area contributed by atoms with E-state index < -0.39 is 66.3 Å². The Morgan fingerprint density at radius 3 is 2.15 bits per heavy atom. The second-order valence-corrected chi connectivity index (χ2v) is 16.0. The van der Waals surface area contributed by atoms with Crippen molar-refractivity contribution in [2.75, 3.05) is 33.0 Å². The Bertz CT molecular complexity index is 2090. The van der Waals surface area contributed by atoms with Gasteiger partial charge in [-0.3, -0.25) is 14.4 Å². The number of rotatable bonds is 15. The Morgan fingerprint density at radius 1 is 0.883 bits per heavy atom. The standard InChI is InChI=1S/C43H52N8O9/c1-26(2)38(49-42(57)60-43(3,4)5)40(55)50-20-29(18-36(50)39(54)48-35(21-52)27-14-16-28(17-15-27)51-24-44-23-47-51)59-25-46-37(53)19-45-41(56)58-22-34-32-12-8-6-10-30(32)31-11-7-9-13-33(31)34/h6-17,23-24,26,29,34-36,38,52H,18-22,25H2,1-5H3,(H,45,56)(H,46,53)(H,48,54)(H,49,57)/t29-,35+,36+,38+/m1/s1. The monoisotopic (exact) mass is 824 g/mol. The lowest BCUT2D eigenvalue weighted by atomic mass is 9.98. The summed E-state index contributed by atoms with van der Waals surface area (Å²) >= 11 is 0. The van der Waals surface area contributed by atoms with E-state index in [0.29, 0.717) is 5.56 Å². The maximum atomic E-state index is 14.1. The van der Waals surface area contributed by atoms with Crippen molar-refractivity contribution in [2.24, 2.45) is 5.92 Å². The molecule has 4 aromatic rings. The van der Waals surface area contributed by atoms with Crippen LogP contribution in [-0.4, -0.2) is 112 Å². The minimum absolute atomic E-state index is 0.0413. The molecule has 6 rings (SSSR count). The molecular formula is C43H52N8O9. The Balaban J connectivity index is 1.05. The van der Waals surface area contributed by atoms with Crippen LogP contribution < -0.4 is 21.3 Å². The second kappa shape index (κ2) is 19.2. The number of carbonyl (C=O) groups is 5. The number of benzene rings is 3. The van der Waals surface area contributed by atoms with Crippen LogP contribution in [0, 0.1) is 5.92 Å². The van der Waals surface area contributed by atoms with E-state index in [1.165, 1.54) is 11.2 Å². The zero-order valence-electron chi connectivity index (χ0n) is 34.3. The fourth-order valence-corrected chi connectivity index (χ4v) is 7.34. The van der Waals surface area contributed by atoms with Crippen LogP contribution in [0.2, 0.25) is 0 Å². The second-order valence-electron chi connectivity index (χ2n) is 16.0. The molecule has 318 valence electrons. The normalized spacial score (nSPS) is 16.9. The van der Waals surface area contributed by atoms with Gasteiger partial charge in [0.05, 0.1) is 24.4 Å². The van der Waals surface area contributed by atoms with Gasteiger partial charge in [0.25, 0.3) is 0 Å². The third-order valence-electron chi connectivity index (χ3n) is 10.3. The summed E-state index contributed by atoms with van der Waals surface area (Å²) in [5.74, 6) is -2.15. The van der Waals surface area contributed by atoms with E-state index in [0.717, 1.165) is 27.9 Å². The molecule has 1 aliphatic carbocycles. The number of aromatic nitrogens is 3. The predicted molar refractivity (Wildman–Crippen MR) is 218 cm³/mol. The maximum Gasteiger partial charge on any atom is 0.408 e. The van der Waals surface area contributed by atoms with E-state index in [1.807, 2.05) is 48.5 Å². The molecule has 0 spiro atoms. The van der Waals surface area contributed by atoms with E-state index in [2.05, 4.69) is 31.3 Å². The van der Waals surface area contributed by atoms with Gasteiger partial charge < -0.3 is 45.5 Å². The fourth-order valence-electron chi connectivity index (χ4n) is 7.34. The van der Waals surface area contributed by atoms with Crippen molar-refractivity contribution in [3.8, 4) is 16.8 Å². The summed E-state index contributed by atoms with van der Waals surface area (Å²) in [6.45, 7) is 7.60. The number of aliphatic hydroxyl groups excluding tert-OH is 1. The van der Waals surface area contributed by atoms with Gasteiger partial charge in [-0.2, -0.15) is 5.10 Å². The van der Waals surface area contributed by atoms with E-state index in [-0.39, 0.29) is 44.7 Å². The SMILES string of the molecule is CC(C)[C@H](NC(=O)OC(C)(C)C)C(=O)N1C[C@H](OCNC(=O)CNC(=O)OCC2c3ccccc3-c3ccccc32)C[C@H]1C(=O)N[C@@H](CO)c1ccc(-n2cncn2)cc1. The first-order valence-electron chi connectivity index (χ1n) is 19.9. The number of alkyl carbamates (subject to hydrolysis) is 2. The van der Waals surface area contributed by atoms with Crippen molar-refractivity contribution in [1.82, 2.24) is 40.9 Å². The van der Waals surface area contributed by atoms with Gasteiger partial charge in [-0.1, -0.05) is 74.5 Å².